The van der Waals surface area contributed by atoms with Crippen LogP contribution in [0.25, 0.3) is 0 Å². The van der Waals surface area contributed by atoms with Crippen molar-refractivity contribution >= 4 is 0 Å². The summed E-state index contributed by atoms with van der Waals surface area (Å²) in [5, 5.41) is 3.58. The van der Waals surface area contributed by atoms with Crippen LogP contribution in [0.3, 0.4) is 0 Å². The first kappa shape index (κ1) is 13.7. The Morgan fingerprint density at radius 1 is 1.56 bits per heavy atom. The normalized spacial score (nSPS) is 27.6. The Morgan fingerprint density at radius 2 is 2.31 bits per heavy atom. The average Bonchev–Trinajstić information content (AvgIpc) is 2.22. The summed E-state index contributed by atoms with van der Waals surface area (Å²) in [6, 6.07) is 0.474. The molecule has 0 fully saturated rings. The Bertz CT molecular complexity index is 225. The monoisotopic (exact) mass is 225 g/mol. The predicted octanol–water partition coefficient (Wildman–Crippen LogP) is 2.99. The topological polar surface area (TPSA) is 21.3 Å². The fraction of sp³-hybridized carbons (Fsp3) is 0.857. The Hall–Kier alpha value is -0.340. The van der Waals surface area contributed by atoms with E-state index in [0.717, 1.165) is 31.6 Å². The molecular weight excluding hydrogens is 198 g/mol. The highest BCUT2D eigenvalue weighted by atomic mass is 16.5. The first-order valence-corrected chi connectivity index (χ1v) is 6.60. The van der Waals surface area contributed by atoms with Gasteiger partial charge in [0.1, 0.15) is 0 Å². The predicted molar refractivity (Wildman–Crippen MR) is 69.6 cm³/mol. The van der Waals surface area contributed by atoms with Gasteiger partial charge in [0.05, 0.1) is 6.61 Å². The second-order valence-corrected chi connectivity index (χ2v) is 5.26. The molecule has 2 heteroatoms. The highest BCUT2D eigenvalue weighted by molar-refractivity contribution is 5.06. The van der Waals surface area contributed by atoms with Crippen LogP contribution in [0.2, 0.25) is 0 Å². The van der Waals surface area contributed by atoms with E-state index < -0.39 is 0 Å². The summed E-state index contributed by atoms with van der Waals surface area (Å²) in [6.07, 6.45) is 5.00. The molecule has 1 aliphatic rings. The largest absolute Gasteiger partial charge is 0.380 e. The second kappa shape index (κ2) is 7.08. The zero-order valence-corrected chi connectivity index (χ0v) is 11.3. The van der Waals surface area contributed by atoms with Crippen molar-refractivity contribution in [3.8, 4) is 0 Å². The van der Waals surface area contributed by atoms with Crippen molar-refractivity contribution in [2.24, 2.45) is 11.8 Å². The van der Waals surface area contributed by atoms with Crippen LogP contribution in [0.15, 0.2) is 11.6 Å². The van der Waals surface area contributed by atoms with Crippen molar-refractivity contribution in [3.05, 3.63) is 11.6 Å². The average molecular weight is 225 g/mol. The molecule has 3 unspecified atom stereocenters. The lowest BCUT2D eigenvalue weighted by atomic mass is 9.83. The molecule has 94 valence electrons. The van der Waals surface area contributed by atoms with Crippen molar-refractivity contribution in [1.82, 2.24) is 5.32 Å². The molecule has 0 spiro atoms. The Kier molecular flexibility index (Phi) is 6.07. The molecule has 0 radical (unpaired) electrons. The molecule has 0 aromatic heterocycles. The standard InChI is InChI=1S/C14H27NO/c1-5-16-10-13(4)15-9-14-7-11(2)6-12(3)8-14/h6,11,13-15H,5,7-10H2,1-4H3. The first-order valence-electron chi connectivity index (χ1n) is 6.60. The highest BCUT2D eigenvalue weighted by Crippen LogP contribution is 2.27. The molecule has 0 bridgehead atoms. The van der Waals surface area contributed by atoms with Gasteiger partial charge in [-0.2, -0.15) is 0 Å². The molecule has 1 aliphatic carbocycles. The van der Waals surface area contributed by atoms with E-state index in [9.17, 15) is 0 Å². The second-order valence-electron chi connectivity index (χ2n) is 5.26. The molecule has 0 aliphatic heterocycles. The summed E-state index contributed by atoms with van der Waals surface area (Å²) in [5.74, 6) is 1.56. The van der Waals surface area contributed by atoms with E-state index >= 15 is 0 Å². The van der Waals surface area contributed by atoms with Gasteiger partial charge in [0.2, 0.25) is 0 Å². The van der Waals surface area contributed by atoms with Gasteiger partial charge in [-0.1, -0.05) is 18.6 Å². The molecule has 3 atom stereocenters. The van der Waals surface area contributed by atoms with Crippen LogP contribution in [0.4, 0.5) is 0 Å². The number of ether oxygens (including phenoxy) is 1. The maximum Gasteiger partial charge on any atom is 0.0616 e. The van der Waals surface area contributed by atoms with Crippen LogP contribution in [0, 0.1) is 11.8 Å². The van der Waals surface area contributed by atoms with E-state index in [1.807, 2.05) is 6.92 Å². The van der Waals surface area contributed by atoms with Gasteiger partial charge in [-0.25, -0.2) is 0 Å². The maximum atomic E-state index is 5.40. The van der Waals surface area contributed by atoms with Crippen molar-refractivity contribution < 1.29 is 4.74 Å². The molecule has 16 heavy (non-hydrogen) atoms. The number of rotatable bonds is 6. The molecule has 2 nitrogen and oxygen atoms in total. The summed E-state index contributed by atoms with van der Waals surface area (Å²) in [7, 11) is 0. The van der Waals surface area contributed by atoms with Crippen molar-refractivity contribution in [2.75, 3.05) is 19.8 Å². The van der Waals surface area contributed by atoms with Crippen molar-refractivity contribution in [3.63, 3.8) is 0 Å². The molecule has 0 aromatic carbocycles. The lowest BCUT2D eigenvalue weighted by molar-refractivity contribution is 0.125. The van der Waals surface area contributed by atoms with Gasteiger partial charge in [-0.3, -0.25) is 0 Å². The molecule has 1 rings (SSSR count). The van der Waals surface area contributed by atoms with E-state index in [1.165, 1.54) is 12.8 Å². The minimum atomic E-state index is 0.474. The molecule has 0 amide bonds. The van der Waals surface area contributed by atoms with Crippen LogP contribution in [-0.2, 0) is 4.74 Å². The van der Waals surface area contributed by atoms with Crippen molar-refractivity contribution in [1.29, 1.82) is 0 Å². The van der Waals surface area contributed by atoms with E-state index in [-0.39, 0.29) is 0 Å². The number of hydrogen-bond acceptors (Lipinski definition) is 2. The van der Waals surface area contributed by atoms with E-state index in [0.29, 0.717) is 6.04 Å². The van der Waals surface area contributed by atoms with Crippen molar-refractivity contribution in [2.45, 2.75) is 46.6 Å². The van der Waals surface area contributed by atoms with Gasteiger partial charge >= 0.3 is 0 Å². The molecule has 0 aromatic rings. The number of nitrogens with one attached hydrogen (secondary N) is 1. The summed E-state index contributed by atoms with van der Waals surface area (Å²) in [4.78, 5) is 0. The number of allylic oxidation sites excluding steroid dienone is 2. The number of hydrogen-bond donors (Lipinski definition) is 1. The SMILES string of the molecule is CCOCC(C)NCC1CC(C)=CC(C)C1. The third-order valence-corrected chi connectivity index (χ3v) is 3.21. The summed E-state index contributed by atoms with van der Waals surface area (Å²) in [6.45, 7) is 11.6. The van der Waals surface area contributed by atoms with Gasteiger partial charge in [-0.05, 0) is 52.0 Å². The quantitative estimate of drug-likeness (QED) is 0.702. The van der Waals surface area contributed by atoms with Gasteiger partial charge in [0.25, 0.3) is 0 Å². The van der Waals surface area contributed by atoms with Crippen LogP contribution in [0.1, 0.15) is 40.5 Å². The minimum absolute atomic E-state index is 0.474. The summed E-state index contributed by atoms with van der Waals surface area (Å²) < 4.78 is 5.40. The minimum Gasteiger partial charge on any atom is -0.380 e. The van der Waals surface area contributed by atoms with E-state index in [4.69, 9.17) is 4.74 Å². The first-order chi connectivity index (χ1) is 7.61. The zero-order valence-electron chi connectivity index (χ0n) is 11.3. The fourth-order valence-electron chi connectivity index (χ4n) is 2.56. The van der Waals surface area contributed by atoms with Crippen LogP contribution in [-0.4, -0.2) is 25.8 Å². The van der Waals surface area contributed by atoms with Gasteiger partial charge in [-0.15, -0.1) is 0 Å². The zero-order chi connectivity index (χ0) is 12.0. The Balaban J connectivity index is 2.20. The van der Waals surface area contributed by atoms with Gasteiger partial charge in [0, 0.05) is 12.6 Å². The lowest BCUT2D eigenvalue weighted by Crippen LogP contribution is -2.35. The third-order valence-electron chi connectivity index (χ3n) is 3.21. The van der Waals surface area contributed by atoms with E-state index in [1.54, 1.807) is 5.57 Å². The summed E-state index contributed by atoms with van der Waals surface area (Å²) in [5.41, 5.74) is 1.56. The highest BCUT2D eigenvalue weighted by Gasteiger charge is 2.18. The van der Waals surface area contributed by atoms with Gasteiger partial charge in [0.15, 0.2) is 0 Å². The molecule has 0 heterocycles. The molecule has 1 N–H and O–H groups in total. The molecule has 0 saturated heterocycles. The Labute approximate surface area is 100 Å². The van der Waals surface area contributed by atoms with Crippen LogP contribution < -0.4 is 5.32 Å². The lowest BCUT2D eigenvalue weighted by Gasteiger charge is -2.27. The maximum absolute atomic E-state index is 5.40. The van der Waals surface area contributed by atoms with Crippen LogP contribution in [0.5, 0.6) is 0 Å². The van der Waals surface area contributed by atoms with Gasteiger partial charge < -0.3 is 10.1 Å². The smallest absolute Gasteiger partial charge is 0.0616 e. The van der Waals surface area contributed by atoms with E-state index in [2.05, 4.69) is 32.2 Å². The Morgan fingerprint density at radius 3 is 2.94 bits per heavy atom. The fourth-order valence-corrected chi connectivity index (χ4v) is 2.56. The molecular formula is C14H27NO. The summed E-state index contributed by atoms with van der Waals surface area (Å²) >= 11 is 0. The molecule has 0 saturated carbocycles. The van der Waals surface area contributed by atoms with Crippen LogP contribution >= 0.6 is 0 Å². The third kappa shape index (κ3) is 5.13.